The van der Waals surface area contributed by atoms with Gasteiger partial charge >= 0.3 is 5.69 Å². The largest absolute Gasteiger partial charge is 0.468 e. The molecule has 2 atom stereocenters. The number of nitrogens with one attached hydrogen (secondary N) is 1. The van der Waals surface area contributed by atoms with Crippen molar-refractivity contribution in [2.24, 2.45) is 7.05 Å². The Balaban J connectivity index is 1.47. The molecule has 2 aromatic rings. The van der Waals surface area contributed by atoms with E-state index in [2.05, 4.69) is 10.1 Å². The van der Waals surface area contributed by atoms with E-state index in [0.29, 0.717) is 19.5 Å². The van der Waals surface area contributed by atoms with E-state index < -0.39 is 5.69 Å². The number of hydrogen-bond acceptors (Lipinski definition) is 6. The molecule has 2 fully saturated rings. The van der Waals surface area contributed by atoms with Crippen molar-refractivity contribution in [3.05, 3.63) is 34.2 Å². The molecule has 25 heavy (non-hydrogen) atoms. The number of fused-ring (bicyclic) bond motifs is 2. The van der Waals surface area contributed by atoms with Crippen molar-refractivity contribution in [3.63, 3.8) is 0 Å². The molecule has 2 aliphatic rings. The molecule has 2 aliphatic heterocycles. The predicted molar refractivity (Wildman–Crippen MR) is 83.4 cm³/mol. The van der Waals surface area contributed by atoms with Gasteiger partial charge in [0.25, 0.3) is 17.8 Å². The lowest BCUT2D eigenvalue weighted by molar-refractivity contribution is 0.0500. The first kappa shape index (κ1) is 15.5. The SMILES string of the molecule is COc1ccc(C(=O)N2C[C@@H]3C[C@H]2CN3C(=O)c2nn(C)c(=O)[nH]2)o1. The summed E-state index contributed by atoms with van der Waals surface area (Å²) in [6, 6.07) is 3.00. The number of likely N-dealkylation sites (tertiary alicyclic amines) is 2. The van der Waals surface area contributed by atoms with Crippen molar-refractivity contribution in [1.82, 2.24) is 24.6 Å². The van der Waals surface area contributed by atoms with Crippen LogP contribution in [0.1, 0.15) is 27.6 Å². The average Bonchev–Trinajstić information content (AvgIpc) is 3.37. The van der Waals surface area contributed by atoms with Gasteiger partial charge in [-0.1, -0.05) is 0 Å². The number of nitrogens with zero attached hydrogens (tertiary/aromatic N) is 4. The number of amides is 2. The number of H-pyrrole nitrogens is 1. The molecule has 132 valence electrons. The zero-order chi connectivity index (χ0) is 17.7. The zero-order valence-corrected chi connectivity index (χ0v) is 13.8. The topological polar surface area (TPSA) is 114 Å². The Kier molecular flexibility index (Phi) is 3.41. The fraction of sp³-hybridized carbons (Fsp3) is 0.467. The lowest BCUT2D eigenvalue weighted by Gasteiger charge is -2.33. The molecule has 0 saturated carbocycles. The molecule has 2 aromatic heterocycles. The van der Waals surface area contributed by atoms with Crippen LogP contribution in [0, 0.1) is 0 Å². The van der Waals surface area contributed by atoms with Gasteiger partial charge in [-0.25, -0.2) is 9.48 Å². The first-order chi connectivity index (χ1) is 12.0. The summed E-state index contributed by atoms with van der Waals surface area (Å²) in [6.07, 6.45) is 0.701. The second kappa shape index (κ2) is 5.50. The number of rotatable bonds is 3. The maximum atomic E-state index is 12.6. The highest BCUT2D eigenvalue weighted by Gasteiger charge is 2.48. The van der Waals surface area contributed by atoms with E-state index in [4.69, 9.17) is 9.15 Å². The van der Waals surface area contributed by atoms with Crippen LogP contribution >= 0.6 is 0 Å². The van der Waals surface area contributed by atoms with Crippen molar-refractivity contribution >= 4 is 11.8 Å². The minimum Gasteiger partial charge on any atom is -0.468 e. The standard InChI is InChI=1S/C15H17N5O5/c1-18-15(23)16-12(17-18)14(22)20-7-8-5-9(20)6-19(8)13(21)10-3-4-11(24-2)25-10/h3-4,8-9H,5-7H2,1-2H3,(H,16,17,23)/t8-,9-/m0/s1. The van der Waals surface area contributed by atoms with Crippen LogP contribution in [0.25, 0.3) is 0 Å². The number of ether oxygens (including phenoxy) is 1. The van der Waals surface area contributed by atoms with Gasteiger partial charge in [0.2, 0.25) is 5.82 Å². The van der Waals surface area contributed by atoms with Crippen LogP contribution in [0.4, 0.5) is 0 Å². The van der Waals surface area contributed by atoms with E-state index in [9.17, 15) is 14.4 Å². The molecule has 0 spiro atoms. The molecular weight excluding hydrogens is 330 g/mol. The normalized spacial score (nSPS) is 21.8. The first-order valence-corrected chi connectivity index (χ1v) is 7.87. The van der Waals surface area contributed by atoms with Crippen LogP contribution in [-0.2, 0) is 7.05 Å². The van der Waals surface area contributed by atoms with E-state index in [0.717, 1.165) is 4.68 Å². The van der Waals surface area contributed by atoms with Crippen LogP contribution < -0.4 is 10.4 Å². The van der Waals surface area contributed by atoms with Gasteiger partial charge < -0.3 is 19.0 Å². The molecule has 2 amide bonds. The van der Waals surface area contributed by atoms with Gasteiger partial charge in [0.15, 0.2) is 5.76 Å². The number of methoxy groups -OCH3 is 1. The summed E-state index contributed by atoms with van der Waals surface area (Å²) in [6.45, 7) is 0.834. The van der Waals surface area contributed by atoms with Gasteiger partial charge in [0, 0.05) is 26.2 Å². The Morgan fingerprint density at radius 3 is 2.44 bits per heavy atom. The first-order valence-electron chi connectivity index (χ1n) is 7.87. The fourth-order valence-corrected chi connectivity index (χ4v) is 3.49. The van der Waals surface area contributed by atoms with Crippen LogP contribution in [0.3, 0.4) is 0 Å². The van der Waals surface area contributed by atoms with Crippen molar-refractivity contribution < 1.29 is 18.7 Å². The highest BCUT2D eigenvalue weighted by molar-refractivity contribution is 5.94. The number of aromatic nitrogens is 3. The number of carbonyl (C=O) groups is 2. The summed E-state index contributed by atoms with van der Waals surface area (Å²) in [5, 5.41) is 3.90. The molecular formula is C15H17N5O5. The van der Waals surface area contributed by atoms with E-state index in [1.165, 1.54) is 14.2 Å². The molecule has 1 N–H and O–H groups in total. The minimum absolute atomic E-state index is 0.0219. The third kappa shape index (κ3) is 2.41. The highest BCUT2D eigenvalue weighted by atomic mass is 16.6. The van der Waals surface area contributed by atoms with E-state index >= 15 is 0 Å². The second-order valence-corrected chi connectivity index (χ2v) is 6.18. The van der Waals surface area contributed by atoms with E-state index in [1.54, 1.807) is 21.9 Å². The molecule has 0 radical (unpaired) electrons. The third-order valence-corrected chi connectivity index (χ3v) is 4.73. The Bertz CT molecular complexity index is 896. The van der Waals surface area contributed by atoms with Gasteiger partial charge in [0.1, 0.15) is 0 Å². The molecule has 0 aromatic carbocycles. The second-order valence-electron chi connectivity index (χ2n) is 6.18. The summed E-state index contributed by atoms with van der Waals surface area (Å²) >= 11 is 0. The summed E-state index contributed by atoms with van der Waals surface area (Å²) in [4.78, 5) is 42.4. The summed E-state index contributed by atoms with van der Waals surface area (Å²) < 4.78 is 11.4. The lowest BCUT2D eigenvalue weighted by atomic mass is 10.2. The Hall–Kier alpha value is -3.04. The molecule has 2 bridgehead atoms. The van der Waals surface area contributed by atoms with E-state index in [-0.39, 0.29) is 41.4 Å². The number of aryl methyl sites for hydroxylation is 1. The molecule has 0 unspecified atom stereocenters. The average molecular weight is 347 g/mol. The smallest absolute Gasteiger partial charge is 0.343 e. The van der Waals surface area contributed by atoms with Crippen LogP contribution in [0.2, 0.25) is 0 Å². The van der Waals surface area contributed by atoms with Crippen molar-refractivity contribution in [3.8, 4) is 5.95 Å². The monoisotopic (exact) mass is 347 g/mol. The number of hydrogen-bond donors (Lipinski definition) is 1. The van der Waals surface area contributed by atoms with Gasteiger partial charge in [-0.2, -0.15) is 0 Å². The minimum atomic E-state index is -0.434. The number of carbonyl (C=O) groups excluding carboxylic acids is 2. The molecule has 4 heterocycles. The third-order valence-electron chi connectivity index (χ3n) is 4.73. The highest BCUT2D eigenvalue weighted by Crippen LogP contribution is 2.33. The fourth-order valence-electron chi connectivity index (χ4n) is 3.49. The molecule has 0 aliphatic carbocycles. The molecule has 10 heteroatoms. The van der Waals surface area contributed by atoms with Gasteiger partial charge in [0.05, 0.1) is 19.2 Å². The summed E-state index contributed by atoms with van der Waals surface area (Å²) in [5.74, 6) is -0.0141. The van der Waals surface area contributed by atoms with Crippen LogP contribution in [-0.4, -0.2) is 68.7 Å². The predicted octanol–water partition coefficient (Wildman–Crippen LogP) is -0.551. The Morgan fingerprint density at radius 1 is 1.24 bits per heavy atom. The van der Waals surface area contributed by atoms with E-state index in [1.807, 2.05) is 0 Å². The van der Waals surface area contributed by atoms with Gasteiger partial charge in [-0.3, -0.25) is 14.6 Å². The Morgan fingerprint density at radius 2 is 1.92 bits per heavy atom. The number of piperazine rings is 1. The molecule has 2 saturated heterocycles. The summed E-state index contributed by atoms with van der Waals surface area (Å²) in [5.41, 5.74) is -0.434. The maximum absolute atomic E-state index is 12.6. The van der Waals surface area contributed by atoms with Crippen molar-refractivity contribution in [2.75, 3.05) is 20.2 Å². The van der Waals surface area contributed by atoms with Gasteiger partial charge in [-0.05, 0) is 12.5 Å². The molecule has 4 rings (SSSR count). The molecule has 10 nitrogen and oxygen atoms in total. The van der Waals surface area contributed by atoms with Gasteiger partial charge in [-0.15, -0.1) is 5.10 Å². The quantitative estimate of drug-likeness (QED) is 0.797. The number of furan rings is 1. The van der Waals surface area contributed by atoms with Crippen LogP contribution in [0.15, 0.2) is 21.3 Å². The Labute approximate surface area is 142 Å². The lowest BCUT2D eigenvalue weighted by Crippen LogP contribution is -2.50. The number of aromatic amines is 1. The zero-order valence-electron chi connectivity index (χ0n) is 13.8. The van der Waals surface area contributed by atoms with Crippen molar-refractivity contribution in [2.45, 2.75) is 18.5 Å². The van der Waals surface area contributed by atoms with Crippen molar-refractivity contribution in [1.29, 1.82) is 0 Å². The van der Waals surface area contributed by atoms with Crippen LogP contribution in [0.5, 0.6) is 5.95 Å². The maximum Gasteiger partial charge on any atom is 0.343 e. The summed E-state index contributed by atoms with van der Waals surface area (Å²) in [7, 11) is 2.94.